The number of nitrogens with one attached hydrogen (secondary N) is 1. The first-order valence-corrected chi connectivity index (χ1v) is 6.61. The average molecular weight is 274 g/mol. The Morgan fingerprint density at radius 1 is 1.40 bits per heavy atom. The van der Waals surface area contributed by atoms with Gasteiger partial charge in [0.1, 0.15) is 6.04 Å². The van der Waals surface area contributed by atoms with Gasteiger partial charge < -0.3 is 4.90 Å². The molecule has 0 saturated carbocycles. The van der Waals surface area contributed by atoms with Crippen molar-refractivity contribution < 1.29 is 14.4 Å². The Balaban J connectivity index is 2.22. The van der Waals surface area contributed by atoms with E-state index in [0.29, 0.717) is 24.1 Å². The number of allylic oxidation sites excluding steroid dienone is 3. The van der Waals surface area contributed by atoms with Crippen LogP contribution in [-0.2, 0) is 14.4 Å². The molecule has 1 atom stereocenters. The number of likely N-dealkylation sites (tertiary alicyclic amines) is 1. The smallest absolute Gasteiger partial charge is 0.255 e. The van der Waals surface area contributed by atoms with Gasteiger partial charge in [0, 0.05) is 18.5 Å². The largest absolute Gasteiger partial charge is 0.322 e. The summed E-state index contributed by atoms with van der Waals surface area (Å²) in [6.07, 6.45) is 4.33. The molecule has 2 aliphatic heterocycles. The first-order valence-electron chi connectivity index (χ1n) is 6.61. The molecule has 2 aliphatic rings. The van der Waals surface area contributed by atoms with Crippen LogP contribution in [-0.4, -0.2) is 35.2 Å². The predicted molar refractivity (Wildman–Crippen MR) is 74.5 cm³/mol. The molecule has 0 spiro atoms. The van der Waals surface area contributed by atoms with Crippen LogP contribution >= 0.6 is 0 Å². The number of rotatable bonds is 2. The van der Waals surface area contributed by atoms with Gasteiger partial charge in [-0.2, -0.15) is 0 Å². The molecule has 5 heteroatoms. The first kappa shape index (κ1) is 14.2. The molecule has 0 aliphatic carbocycles. The summed E-state index contributed by atoms with van der Waals surface area (Å²) in [7, 11) is 0. The second kappa shape index (κ2) is 5.45. The van der Waals surface area contributed by atoms with E-state index in [1.54, 1.807) is 6.08 Å². The Kier molecular flexibility index (Phi) is 3.88. The third-order valence-electron chi connectivity index (χ3n) is 3.65. The molecule has 2 rings (SSSR count). The number of hydrogen-bond donors (Lipinski definition) is 1. The molecular weight excluding hydrogens is 256 g/mol. The van der Waals surface area contributed by atoms with Gasteiger partial charge in [0.25, 0.3) is 5.91 Å². The van der Waals surface area contributed by atoms with Crippen LogP contribution in [0, 0.1) is 0 Å². The van der Waals surface area contributed by atoms with E-state index < -0.39 is 11.9 Å². The number of hydrogen-bond acceptors (Lipinski definition) is 3. The number of carbonyl (C=O) groups is 3. The number of carbonyl (C=O) groups excluding carboxylic acids is 3. The molecule has 20 heavy (non-hydrogen) atoms. The second-order valence-corrected chi connectivity index (χ2v) is 5.09. The van der Waals surface area contributed by atoms with Gasteiger partial charge in [-0.1, -0.05) is 18.2 Å². The minimum absolute atomic E-state index is 0.189. The van der Waals surface area contributed by atoms with Crippen molar-refractivity contribution in [1.29, 1.82) is 0 Å². The summed E-state index contributed by atoms with van der Waals surface area (Å²) < 4.78 is 0. The van der Waals surface area contributed by atoms with Gasteiger partial charge in [-0.15, -0.1) is 0 Å². The van der Waals surface area contributed by atoms with Crippen molar-refractivity contribution >= 4 is 17.7 Å². The van der Waals surface area contributed by atoms with E-state index in [2.05, 4.69) is 11.9 Å². The van der Waals surface area contributed by atoms with Crippen molar-refractivity contribution in [1.82, 2.24) is 10.2 Å². The summed E-state index contributed by atoms with van der Waals surface area (Å²) in [5, 5.41) is 2.28. The van der Waals surface area contributed by atoms with Crippen LogP contribution < -0.4 is 5.32 Å². The zero-order valence-electron chi connectivity index (χ0n) is 11.7. The van der Waals surface area contributed by atoms with Crippen LogP contribution in [0.3, 0.4) is 0 Å². The van der Waals surface area contributed by atoms with Gasteiger partial charge in [-0.05, 0) is 31.9 Å². The molecule has 3 amide bonds. The van der Waals surface area contributed by atoms with Crippen LogP contribution in [0.4, 0.5) is 0 Å². The fourth-order valence-electron chi connectivity index (χ4n) is 2.37. The van der Waals surface area contributed by atoms with E-state index in [9.17, 15) is 14.4 Å². The van der Waals surface area contributed by atoms with E-state index in [1.807, 2.05) is 19.9 Å². The number of imide groups is 1. The van der Waals surface area contributed by atoms with E-state index in [-0.39, 0.29) is 18.2 Å². The van der Waals surface area contributed by atoms with E-state index in [1.165, 1.54) is 4.90 Å². The van der Waals surface area contributed by atoms with E-state index in [0.717, 1.165) is 5.57 Å². The standard InChI is InChI=1S/C15H18N2O3/c1-4-9(2)7-11-10(3)8-17(15(11)20)12-5-6-13(18)16-14(12)19/h4,7,12H,3,5-6,8H2,1-2H3,(H,16,18,19)/b9-4-,11-7+. The summed E-state index contributed by atoms with van der Waals surface area (Å²) in [4.78, 5) is 36.9. The lowest BCUT2D eigenvalue weighted by Gasteiger charge is -2.28. The lowest BCUT2D eigenvalue weighted by molar-refractivity contribution is -0.142. The van der Waals surface area contributed by atoms with Crippen LogP contribution in [0.15, 0.2) is 35.5 Å². The second-order valence-electron chi connectivity index (χ2n) is 5.09. The monoisotopic (exact) mass is 274 g/mol. The predicted octanol–water partition coefficient (Wildman–Crippen LogP) is 1.08. The van der Waals surface area contributed by atoms with Crippen LogP contribution in [0.2, 0.25) is 0 Å². The highest BCUT2D eigenvalue weighted by molar-refractivity contribution is 6.06. The van der Waals surface area contributed by atoms with Crippen molar-refractivity contribution in [3.05, 3.63) is 35.5 Å². The Hall–Kier alpha value is -2.17. The summed E-state index contributed by atoms with van der Waals surface area (Å²) in [5.41, 5.74) is 2.23. The summed E-state index contributed by atoms with van der Waals surface area (Å²) in [6, 6.07) is -0.575. The van der Waals surface area contributed by atoms with Gasteiger partial charge in [0.15, 0.2) is 0 Å². The molecule has 2 saturated heterocycles. The molecule has 106 valence electrons. The maximum absolute atomic E-state index is 12.4. The lowest BCUT2D eigenvalue weighted by Crippen LogP contribution is -2.52. The summed E-state index contributed by atoms with van der Waals surface area (Å²) in [6.45, 7) is 8.04. The molecule has 1 unspecified atom stereocenters. The maximum atomic E-state index is 12.4. The summed E-state index contributed by atoms with van der Waals surface area (Å²) in [5.74, 6) is -0.866. The minimum atomic E-state index is -0.575. The van der Waals surface area contributed by atoms with Crippen molar-refractivity contribution in [2.45, 2.75) is 32.7 Å². The zero-order chi connectivity index (χ0) is 14.9. The molecule has 0 aromatic heterocycles. The highest BCUT2D eigenvalue weighted by Gasteiger charge is 2.39. The molecule has 2 fully saturated rings. The number of amides is 3. The molecule has 5 nitrogen and oxygen atoms in total. The third kappa shape index (κ3) is 2.57. The summed E-state index contributed by atoms with van der Waals surface area (Å²) >= 11 is 0. The fraction of sp³-hybridized carbons (Fsp3) is 0.400. The Morgan fingerprint density at radius 3 is 2.70 bits per heavy atom. The first-order chi connectivity index (χ1) is 9.43. The Bertz CT molecular complexity index is 557. The van der Waals surface area contributed by atoms with Crippen molar-refractivity contribution in [2.75, 3.05) is 6.54 Å². The molecule has 0 aromatic rings. The molecule has 0 aromatic carbocycles. The van der Waals surface area contributed by atoms with Gasteiger partial charge in [0.05, 0.1) is 0 Å². The molecule has 0 radical (unpaired) electrons. The topological polar surface area (TPSA) is 66.5 Å². The number of piperidine rings is 1. The van der Waals surface area contributed by atoms with Crippen molar-refractivity contribution in [3.63, 3.8) is 0 Å². The van der Waals surface area contributed by atoms with Crippen LogP contribution in [0.25, 0.3) is 0 Å². The Labute approximate surface area is 118 Å². The lowest BCUT2D eigenvalue weighted by atomic mass is 10.0. The average Bonchev–Trinajstić information content (AvgIpc) is 2.66. The van der Waals surface area contributed by atoms with Gasteiger partial charge >= 0.3 is 0 Å². The van der Waals surface area contributed by atoms with Gasteiger partial charge in [0.2, 0.25) is 11.8 Å². The SMILES string of the molecule is C=C1CN(C2CCC(=O)NC2=O)C(=O)/C1=C/C(C)=C\C. The van der Waals surface area contributed by atoms with Crippen molar-refractivity contribution in [2.24, 2.45) is 0 Å². The van der Waals surface area contributed by atoms with Gasteiger partial charge in [-0.25, -0.2) is 0 Å². The van der Waals surface area contributed by atoms with Gasteiger partial charge in [-0.3, -0.25) is 19.7 Å². The molecule has 2 heterocycles. The highest BCUT2D eigenvalue weighted by atomic mass is 16.2. The quantitative estimate of drug-likeness (QED) is 0.605. The molecular formula is C15H18N2O3. The van der Waals surface area contributed by atoms with E-state index >= 15 is 0 Å². The highest BCUT2D eigenvalue weighted by Crippen LogP contribution is 2.27. The zero-order valence-corrected chi connectivity index (χ0v) is 11.7. The fourth-order valence-corrected chi connectivity index (χ4v) is 2.37. The molecule has 1 N–H and O–H groups in total. The number of nitrogens with zero attached hydrogens (tertiary/aromatic N) is 1. The Morgan fingerprint density at radius 2 is 2.10 bits per heavy atom. The maximum Gasteiger partial charge on any atom is 0.255 e. The van der Waals surface area contributed by atoms with E-state index in [4.69, 9.17) is 0 Å². The minimum Gasteiger partial charge on any atom is -0.322 e. The van der Waals surface area contributed by atoms with Crippen molar-refractivity contribution in [3.8, 4) is 0 Å². The normalized spacial score (nSPS) is 26.5. The third-order valence-corrected chi connectivity index (χ3v) is 3.65. The molecule has 0 bridgehead atoms. The van der Waals surface area contributed by atoms with Crippen LogP contribution in [0.5, 0.6) is 0 Å². The van der Waals surface area contributed by atoms with Crippen LogP contribution in [0.1, 0.15) is 26.7 Å².